The molecule has 0 aliphatic rings. The molecule has 8 heteroatoms. The monoisotopic (exact) mass is 447 g/mol. The molecule has 1 aromatic carbocycles. The Kier molecular flexibility index (Phi) is 7.21. The van der Waals surface area contributed by atoms with Crippen LogP contribution in [0, 0.1) is 6.92 Å². The van der Waals surface area contributed by atoms with E-state index >= 15 is 0 Å². The van der Waals surface area contributed by atoms with Crippen molar-refractivity contribution in [1.29, 1.82) is 0 Å². The van der Waals surface area contributed by atoms with Crippen LogP contribution in [0.3, 0.4) is 0 Å². The van der Waals surface area contributed by atoms with Crippen LogP contribution in [0.2, 0.25) is 5.02 Å². The molecule has 168 valence electrons. The van der Waals surface area contributed by atoms with Gasteiger partial charge in [0, 0.05) is 47.5 Å². The molecule has 0 saturated carbocycles. The minimum atomic E-state index is -1.03. The number of ether oxygens (including phenoxy) is 1. The third kappa shape index (κ3) is 4.93. The summed E-state index contributed by atoms with van der Waals surface area (Å²) in [5, 5.41) is 10.3. The predicted molar refractivity (Wildman–Crippen MR) is 122 cm³/mol. The van der Waals surface area contributed by atoms with Crippen molar-refractivity contribution in [3.8, 4) is 16.9 Å². The van der Waals surface area contributed by atoms with E-state index in [1.165, 1.54) is 9.80 Å². The van der Waals surface area contributed by atoms with Gasteiger partial charge >= 0.3 is 6.09 Å². The third-order valence-corrected chi connectivity index (χ3v) is 5.55. The van der Waals surface area contributed by atoms with Gasteiger partial charge in [0.15, 0.2) is 0 Å². The first kappa shape index (κ1) is 24.5. The van der Waals surface area contributed by atoms with E-state index in [1.54, 1.807) is 45.6 Å². The number of carboxylic acid groups (broad SMARTS) is 1. The van der Waals surface area contributed by atoms with Gasteiger partial charge < -0.3 is 14.7 Å². The maximum atomic E-state index is 12.2. The standard InChI is InChI=1S/C23H30ClN3O4/c1-13-17(24)11-16(14(2)27(22(29)30)23(3,4)5)20(31-8)19(13)15-9-10-18(25-12-15)21(28)26(6)7/h9-12,14H,1-8H3,(H,29,30)/t14-/m0/s1. The molecule has 0 saturated heterocycles. The molecule has 2 rings (SSSR count). The largest absolute Gasteiger partial charge is 0.496 e. The van der Waals surface area contributed by atoms with Crippen molar-refractivity contribution in [3.05, 3.63) is 46.2 Å². The Bertz CT molecular complexity index is 982. The second-order valence-corrected chi connectivity index (χ2v) is 9.02. The zero-order valence-corrected chi connectivity index (χ0v) is 20.0. The van der Waals surface area contributed by atoms with E-state index in [4.69, 9.17) is 16.3 Å². The van der Waals surface area contributed by atoms with E-state index < -0.39 is 17.7 Å². The fourth-order valence-electron chi connectivity index (χ4n) is 3.69. The number of aromatic nitrogens is 1. The van der Waals surface area contributed by atoms with Crippen LogP contribution in [0.1, 0.15) is 55.4 Å². The summed E-state index contributed by atoms with van der Waals surface area (Å²) in [6.45, 7) is 9.19. The molecule has 1 atom stereocenters. The number of pyridine rings is 1. The minimum Gasteiger partial charge on any atom is -0.496 e. The fraction of sp³-hybridized carbons (Fsp3) is 0.435. The first-order valence-corrected chi connectivity index (χ1v) is 10.3. The Morgan fingerprint density at radius 2 is 1.84 bits per heavy atom. The number of rotatable bonds is 5. The Hall–Kier alpha value is -2.80. The van der Waals surface area contributed by atoms with Crippen LogP contribution < -0.4 is 4.74 Å². The lowest BCUT2D eigenvalue weighted by atomic mass is 9.92. The summed E-state index contributed by atoms with van der Waals surface area (Å²) in [4.78, 5) is 31.3. The summed E-state index contributed by atoms with van der Waals surface area (Å²) in [5.41, 5.74) is 2.56. The van der Waals surface area contributed by atoms with Crippen LogP contribution in [-0.4, -0.2) is 58.6 Å². The molecule has 0 spiro atoms. The van der Waals surface area contributed by atoms with Crippen LogP contribution in [0.25, 0.3) is 11.1 Å². The molecule has 0 unspecified atom stereocenters. The number of amides is 2. The molecule has 1 aromatic heterocycles. The molecule has 2 aromatic rings. The molecule has 2 amide bonds. The number of hydrogen-bond acceptors (Lipinski definition) is 4. The van der Waals surface area contributed by atoms with Crippen LogP contribution >= 0.6 is 11.6 Å². The molecule has 1 N–H and O–H groups in total. The normalized spacial score (nSPS) is 12.3. The van der Waals surface area contributed by atoms with Gasteiger partial charge in [-0.05, 0) is 52.3 Å². The minimum absolute atomic E-state index is 0.196. The van der Waals surface area contributed by atoms with Crippen molar-refractivity contribution in [1.82, 2.24) is 14.8 Å². The average molecular weight is 448 g/mol. The molecular weight excluding hydrogens is 418 g/mol. The highest BCUT2D eigenvalue weighted by Crippen LogP contribution is 2.44. The zero-order chi connectivity index (χ0) is 23.7. The van der Waals surface area contributed by atoms with Crippen molar-refractivity contribution in [2.24, 2.45) is 0 Å². The van der Waals surface area contributed by atoms with Gasteiger partial charge in [-0.1, -0.05) is 17.7 Å². The van der Waals surface area contributed by atoms with Gasteiger partial charge in [-0.15, -0.1) is 0 Å². The number of nitrogens with zero attached hydrogens (tertiary/aromatic N) is 3. The molecule has 31 heavy (non-hydrogen) atoms. The van der Waals surface area contributed by atoms with E-state index in [9.17, 15) is 14.7 Å². The number of carbonyl (C=O) groups is 2. The topological polar surface area (TPSA) is 83.0 Å². The Balaban J connectivity index is 2.69. The number of halogens is 1. The van der Waals surface area contributed by atoms with E-state index in [0.29, 0.717) is 27.6 Å². The van der Waals surface area contributed by atoms with Crippen molar-refractivity contribution >= 4 is 23.6 Å². The van der Waals surface area contributed by atoms with Gasteiger partial charge in [-0.2, -0.15) is 0 Å². The van der Waals surface area contributed by atoms with E-state index in [-0.39, 0.29) is 5.91 Å². The van der Waals surface area contributed by atoms with Gasteiger partial charge in [-0.25, -0.2) is 4.79 Å². The second-order valence-electron chi connectivity index (χ2n) is 8.61. The first-order chi connectivity index (χ1) is 14.3. The number of carbonyl (C=O) groups excluding carboxylic acids is 1. The van der Waals surface area contributed by atoms with E-state index in [2.05, 4.69) is 4.98 Å². The smallest absolute Gasteiger partial charge is 0.408 e. The third-order valence-electron chi connectivity index (χ3n) is 5.15. The van der Waals surface area contributed by atoms with Gasteiger partial charge in [0.2, 0.25) is 0 Å². The highest BCUT2D eigenvalue weighted by molar-refractivity contribution is 6.32. The summed E-state index contributed by atoms with van der Waals surface area (Å²) in [6, 6.07) is 4.67. The summed E-state index contributed by atoms with van der Waals surface area (Å²) in [7, 11) is 4.88. The van der Waals surface area contributed by atoms with Gasteiger partial charge in [0.25, 0.3) is 5.91 Å². The van der Waals surface area contributed by atoms with Crippen molar-refractivity contribution in [2.75, 3.05) is 21.2 Å². The molecule has 0 aliphatic carbocycles. The van der Waals surface area contributed by atoms with Gasteiger partial charge in [0.1, 0.15) is 11.4 Å². The molecule has 1 heterocycles. The van der Waals surface area contributed by atoms with Crippen molar-refractivity contribution < 1.29 is 19.4 Å². The highest BCUT2D eigenvalue weighted by Gasteiger charge is 2.34. The number of hydrogen-bond donors (Lipinski definition) is 1. The van der Waals surface area contributed by atoms with Crippen molar-refractivity contribution in [3.63, 3.8) is 0 Å². The lowest BCUT2D eigenvalue weighted by molar-refractivity contribution is 0.0745. The van der Waals surface area contributed by atoms with Crippen molar-refractivity contribution in [2.45, 2.75) is 46.2 Å². The molecule has 7 nitrogen and oxygen atoms in total. The van der Waals surface area contributed by atoms with E-state index in [1.807, 2.05) is 34.6 Å². The molecular formula is C23H30ClN3O4. The molecule has 0 bridgehead atoms. The molecule has 0 radical (unpaired) electrons. The van der Waals surface area contributed by atoms with Gasteiger partial charge in [-0.3, -0.25) is 14.7 Å². The fourth-order valence-corrected chi connectivity index (χ4v) is 3.90. The molecule has 0 fully saturated rings. The Labute approximate surface area is 188 Å². The first-order valence-electron chi connectivity index (χ1n) is 9.88. The second kappa shape index (κ2) is 9.14. The lowest BCUT2D eigenvalue weighted by Gasteiger charge is -2.39. The van der Waals surface area contributed by atoms with Gasteiger partial charge in [0.05, 0.1) is 13.2 Å². The average Bonchev–Trinajstić information content (AvgIpc) is 2.67. The highest BCUT2D eigenvalue weighted by atomic mass is 35.5. The SMILES string of the molecule is COc1c([C@H](C)N(C(=O)O)C(C)(C)C)cc(Cl)c(C)c1-c1ccc(C(=O)N(C)C)nc1. The summed E-state index contributed by atoms with van der Waals surface area (Å²) >= 11 is 6.56. The summed E-state index contributed by atoms with van der Waals surface area (Å²) < 4.78 is 5.77. The van der Waals surface area contributed by atoms with Crippen LogP contribution in [0.15, 0.2) is 24.4 Å². The summed E-state index contributed by atoms with van der Waals surface area (Å²) in [5.74, 6) is 0.330. The van der Waals surface area contributed by atoms with E-state index in [0.717, 1.165) is 11.1 Å². The molecule has 0 aliphatic heterocycles. The number of methoxy groups -OCH3 is 1. The van der Waals surface area contributed by atoms with Crippen LogP contribution in [0.4, 0.5) is 4.79 Å². The number of benzene rings is 1. The maximum absolute atomic E-state index is 12.2. The maximum Gasteiger partial charge on any atom is 0.408 e. The van der Waals surface area contributed by atoms with Crippen LogP contribution in [0.5, 0.6) is 5.75 Å². The Morgan fingerprint density at radius 3 is 2.26 bits per heavy atom. The Morgan fingerprint density at radius 1 is 1.23 bits per heavy atom. The lowest BCUT2D eigenvalue weighted by Crippen LogP contribution is -2.46. The quantitative estimate of drug-likeness (QED) is 0.675. The summed E-state index contributed by atoms with van der Waals surface area (Å²) in [6.07, 6.45) is 0.568. The predicted octanol–water partition coefficient (Wildman–Crippen LogP) is 5.26. The zero-order valence-electron chi connectivity index (χ0n) is 19.3. The van der Waals surface area contributed by atoms with Crippen LogP contribution in [-0.2, 0) is 0 Å².